The molecule has 19 heavy (non-hydrogen) atoms. The average Bonchev–Trinajstić information content (AvgIpc) is 2.36. The van der Waals surface area contributed by atoms with Crippen LogP contribution in [0.5, 0.6) is 0 Å². The van der Waals surface area contributed by atoms with Gasteiger partial charge in [0.2, 0.25) is 0 Å². The molecular weight excluding hydrogens is 246 g/mol. The minimum atomic E-state index is -1.07. The minimum Gasteiger partial charge on any atom is -0.480 e. The van der Waals surface area contributed by atoms with Crippen LogP contribution in [0.3, 0.4) is 0 Å². The Morgan fingerprint density at radius 1 is 1.05 bits per heavy atom. The van der Waals surface area contributed by atoms with E-state index in [9.17, 15) is 9.59 Å². The van der Waals surface area contributed by atoms with Crippen LogP contribution in [0.1, 0.15) is 65.2 Å². The second-order valence-corrected chi connectivity index (χ2v) is 4.82. The molecule has 0 aliphatic carbocycles. The van der Waals surface area contributed by atoms with E-state index in [0.29, 0.717) is 6.61 Å². The van der Waals surface area contributed by atoms with E-state index in [1.54, 1.807) is 0 Å². The smallest absolute Gasteiger partial charge is 0.407 e. The van der Waals surface area contributed by atoms with Gasteiger partial charge < -0.3 is 15.2 Å². The summed E-state index contributed by atoms with van der Waals surface area (Å²) in [6.45, 7) is 3.96. The van der Waals surface area contributed by atoms with Crippen molar-refractivity contribution in [3.05, 3.63) is 0 Å². The molecule has 0 heterocycles. The zero-order valence-electron chi connectivity index (χ0n) is 12.1. The van der Waals surface area contributed by atoms with Crippen molar-refractivity contribution in [3.63, 3.8) is 0 Å². The third-order valence-electron chi connectivity index (χ3n) is 2.94. The number of aliphatic carboxylic acids is 1. The zero-order valence-corrected chi connectivity index (χ0v) is 12.1. The lowest BCUT2D eigenvalue weighted by Crippen LogP contribution is -2.38. The molecule has 0 aromatic carbocycles. The van der Waals surface area contributed by atoms with Gasteiger partial charge in [-0.1, -0.05) is 51.9 Å². The fourth-order valence-corrected chi connectivity index (χ4v) is 1.68. The Balaban J connectivity index is 3.30. The number of alkyl carbamates (subject to hydrolysis) is 1. The Morgan fingerprint density at radius 2 is 1.58 bits per heavy atom. The Morgan fingerprint density at radius 3 is 2.11 bits per heavy atom. The summed E-state index contributed by atoms with van der Waals surface area (Å²) in [4.78, 5) is 21.7. The molecule has 0 rings (SSSR count). The van der Waals surface area contributed by atoms with E-state index in [2.05, 4.69) is 12.2 Å². The van der Waals surface area contributed by atoms with Gasteiger partial charge in [-0.15, -0.1) is 0 Å². The van der Waals surface area contributed by atoms with Crippen molar-refractivity contribution in [3.8, 4) is 0 Å². The van der Waals surface area contributed by atoms with E-state index >= 15 is 0 Å². The van der Waals surface area contributed by atoms with Crippen LogP contribution >= 0.6 is 0 Å². The largest absolute Gasteiger partial charge is 0.480 e. The van der Waals surface area contributed by atoms with E-state index in [4.69, 9.17) is 9.84 Å². The van der Waals surface area contributed by atoms with Crippen LogP contribution in [0, 0.1) is 0 Å². The number of hydrogen-bond acceptors (Lipinski definition) is 3. The molecule has 112 valence electrons. The number of carbonyl (C=O) groups excluding carboxylic acids is 1. The Kier molecular flexibility index (Phi) is 11.0. The summed E-state index contributed by atoms with van der Waals surface area (Å²) in [5, 5.41) is 10.8. The van der Waals surface area contributed by atoms with Crippen molar-refractivity contribution in [2.24, 2.45) is 0 Å². The number of amides is 1. The topological polar surface area (TPSA) is 75.6 Å². The predicted molar refractivity (Wildman–Crippen MR) is 74.2 cm³/mol. The standard InChI is InChI=1S/C14H27NO4/c1-3-4-5-6-7-8-9-10-11-19-14(18)15-12(2)13(16)17/h12H,3-11H2,1-2H3,(H,15,18)(H,16,17)/t12-/m0/s1. The molecule has 0 radical (unpaired) electrons. The number of nitrogens with one attached hydrogen (secondary N) is 1. The van der Waals surface area contributed by atoms with Crippen molar-refractivity contribution in [1.29, 1.82) is 0 Å². The van der Waals surface area contributed by atoms with Gasteiger partial charge in [0.15, 0.2) is 0 Å². The number of unbranched alkanes of at least 4 members (excludes halogenated alkanes) is 7. The second kappa shape index (κ2) is 11.8. The van der Waals surface area contributed by atoms with Crippen LogP contribution in [0.15, 0.2) is 0 Å². The number of hydrogen-bond donors (Lipinski definition) is 2. The van der Waals surface area contributed by atoms with E-state index in [1.807, 2.05) is 0 Å². The van der Waals surface area contributed by atoms with Gasteiger partial charge in [0, 0.05) is 0 Å². The van der Waals surface area contributed by atoms with E-state index < -0.39 is 18.1 Å². The number of rotatable bonds is 11. The lowest BCUT2D eigenvalue weighted by molar-refractivity contribution is -0.138. The maximum atomic E-state index is 11.2. The lowest BCUT2D eigenvalue weighted by atomic mass is 10.1. The lowest BCUT2D eigenvalue weighted by Gasteiger charge is -2.09. The molecular formula is C14H27NO4. The fraction of sp³-hybridized carbons (Fsp3) is 0.857. The molecule has 1 atom stereocenters. The van der Waals surface area contributed by atoms with Crippen molar-refractivity contribution < 1.29 is 19.4 Å². The van der Waals surface area contributed by atoms with Gasteiger partial charge in [0.1, 0.15) is 6.04 Å². The number of ether oxygens (including phenoxy) is 1. The van der Waals surface area contributed by atoms with Crippen LogP contribution in [-0.4, -0.2) is 29.8 Å². The first-order valence-corrected chi connectivity index (χ1v) is 7.24. The van der Waals surface area contributed by atoms with Crippen molar-refractivity contribution >= 4 is 12.1 Å². The van der Waals surface area contributed by atoms with E-state index in [-0.39, 0.29) is 0 Å². The highest BCUT2D eigenvalue weighted by atomic mass is 16.5. The van der Waals surface area contributed by atoms with Crippen LogP contribution in [-0.2, 0) is 9.53 Å². The van der Waals surface area contributed by atoms with Crippen LogP contribution < -0.4 is 5.32 Å². The zero-order chi connectivity index (χ0) is 14.5. The van der Waals surface area contributed by atoms with Gasteiger partial charge in [-0.2, -0.15) is 0 Å². The summed E-state index contributed by atoms with van der Waals surface area (Å²) in [6.07, 6.45) is 8.80. The van der Waals surface area contributed by atoms with Gasteiger partial charge >= 0.3 is 12.1 Å². The molecule has 0 unspecified atom stereocenters. The number of carboxylic acids is 1. The van der Waals surface area contributed by atoms with Gasteiger partial charge in [-0.05, 0) is 13.3 Å². The maximum Gasteiger partial charge on any atom is 0.407 e. The number of carboxylic acid groups (broad SMARTS) is 1. The monoisotopic (exact) mass is 273 g/mol. The minimum absolute atomic E-state index is 0.354. The SMILES string of the molecule is CCCCCCCCCCOC(=O)N[C@@H](C)C(=O)O. The van der Waals surface area contributed by atoms with Crippen molar-refractivity contribution in [2.45, 2.75) is 71.3 Å². The summed E-state index contributed by atoms with van der Waals surface area (Å²) in [5.74, 6) is -1.07. The van der Waals surface area contributed by atoms with Crippen LogP contribution in [0.25, 0.3) is 0 Å². The predicted octanol–water partition coefficient (Wildman–Crippen LogP) is 3.33. The third-order valence-corrected chi connectivity index (χ3v) is 2.94. The van der Waals surface area contributed by atoms with E-state index in [1.165, 1.54) is 45.4 Å². The number of carbonyl (C=O) groups is 2. The molecule has 0 saturated heterocycles. The Labute approximate surface area is 115 Å². The molecule has 0 aromatic rings. The summed E-state index contributed by atoms with van der Waals surface area (Å²) in [5.41, 5.74) is 0. The summed E-state index contributed by atoms with van der Waals surface area (Å²) < 4.78 is 4.89. The summed E-state index contributed by atoms with van der Waals surface area (Å²) in [6, 6.07) is -0.911. The summed E-state index contributed by atoms with van der Waals surface area (Å²) in [7, 11) is 0. The maximum absolute atomic E-state index is 11.2. The fourth-order valence-electron chi connectivity index (χ4n) is 1.68. The second-order valence-electron chi connectivity index (χ2n) is 4.82. The van der Waals surface area contributed by atoms with Gasteiger partial charge in [0.05, 0.1) is 6.61 Å². The first kappa shape index (κ1) is 17.7. The molecule has 0 fully saturated rings. The first-order valence-electron chi connectivity index (χ1n) is 7.24. The Bertz CT molecular complexity index is 256. The van der Waals surface area contributed by atoms with Crippen LogP contribution in [0.2, 0.25) is 0 Å². The molecule has 0 aromatic heterocycles. The van der Waals surface area contributed by atoms with Gasteiger partial charge in [-0.25, -0.2) is 4.79 Å². The highest BCUT2D eigenvalue weighted by molar-refractivity contribution is 5.79. The molecule has 5 heteroatoms. The highest BCUT2D eigenvalue weighted by Gasteiger charge is 2.14. The quantitative estimate of drug-likeness (QED) is 0.566. The van der Waals surface area contributed by atoms with Gasteiger partial charge in [0.25, 0.3) is 0 Å². The molecule has 0 bridgehead atoms. The molecule has 0 saturated carbocycles. The molecule has 5 nitrogen and oxygen atoms in total. The van der Waals surface area contributed by atoms with Crippen molar-refractivity contribution in [2.75, 3.05) is 6.61 Å². The molecule has 0 spiro atoms. The third kappa shape index (κ3) is 11.6. The van der Waals surface area contributed by atoms with Crippen molar-refractivity contribution in [1.82, 2.24) is 5.32 Å². The Hall–Kier alpha value is -1.26. The molecule has 2 N–H and O–H groups in total. The molecule has 1 amide bonds. The molecule has 0 aliphatic rings. The average molecular weight is 273 g/mol. The first-order chi connectivity index (χ1) is 9.07. The normalized spacial score (nSPS) is 11.9. The highest BCUT2D eigenvalue weighted by Crippen LogP contribution is 2.08. The molecule has 0 aliphatic heterocycles. The van der Waals surface area contributed by atoms with E-state index in [0.717, 1.165) is 12.8 Å². The van der Waals surface area contributed by atoms with Gasteiger partial charge in [-0.3, -0.25) is 4.79 Å². The van der Waals surface area contributed by atoms with Crippen LogP contribution in [0.4, 0.5) is 4.79 Å². The summed E-state index contributed by atoms with van der Waals surface area (Å²) >= 11 is 0.